The Morgan fingerprint density at radius 2 is 1.81 bits per heavy atom. The number of hydrogen-bond donors (Lipinski definition) is 2. The number of morpholine rings is 1. The topological polar surface area (TPSA) is 93.6 Å². The highest BCUT2D eigenvalue weighted by Crippen LogP contribution is 2.21. The molecule has 1 amide bonds. The predicted molar refractivity (Wildman–Crippen MR) is 125 cm³/mol. The molecule has 7 heteroatoms. The Morgan fingerprint density at radius 1 is 1.12 bits per heavy atom. The molecule has 0 spiro atoms. The van der Waals surface area contributed by atoms with Gasteiger partial charge in [-0.2, -0.15) is 0 Å². The molecule has 2 heterocycles. The maximum atomic E-state index is 12.5. The second-order valence-corrected chi connectivity index (χ2v) is 7.58. The van der Waals surface area contributed by atoms with Gasteiger partial charge >= 0.3 is 0 Å². The molecule has 4 rings (SSSR count). The summed E-state index contributed by atoms with van der Waals surface area (Å²) < 4.78 is 11.6. The van der Waals surface area contributed by atoms with Gasteiger partial charge in [-0.25, -0.2) is 4.98 Å². The highest BCUT2D eigenvalue weighted by molar-refractivity contribution is 5.78. The summed E-state index contributed by atoms with van der Waals surface area (Å²) in [6.07, 6.45) is 0.188. The molecule has 2 aromatic carbocycles. The average Bonchev–Trinajstić information content (AvgIpc) is 3.20. The van der Waals surface area contributed by atoms with E-state index in [2.05, 4.69) is 45.2 Å². The van der Waals surface area contributed by atoms with Crippen LogP contribution in [0.2, 0.25) is 0 Å². The zero-order chi connectivity index (χ0) is 22.8. The summed E-state index contributed by atoms with van der Waals surface area (Å²) in [5.41, 5.74) is 7.36. The summed E-state index contributed by atoms with van der Waals surface area (Å²) in [4.78, 5) is 19.3. The number of nitrogens with two attached hydrogens (primary N) is 1. The van der Waals surface area contributed by atoms with E-state index in [1.165, 1.54) is 12.6 Å². The number of oxazole rings is 1. The van der Waals surface area contributed by atoms with E-state index >= 15 is 0 Å². The molecule has 0 bridgehead atoms. The zero-order valence-corrected chi connectivity index (χ0v) is 18.8. The van der Waals surface area contributed by atoms with Gasteiger partial charge in [-0.15, -0.1) is 0 Å². The van der Waals surface area contributed by atoms with Crippen molar-refractivity contribution < 1.29 is 13.9 Å². The number of hydrogen-bond acceptors (Lipinski definition) is 6. The number of carbonyl (C=O) groups is 1. The Kier molecular flexibility index (Phi) is 8.98. The first-order valence-corrected chi connectivity index (χ1v) is 10.9. The minimum atomic E-state index is -0.0743. The molecule has 0 aliphatic carbocycles. The minimum Gasteiger partial charge on any atom is -0.441 e. The van der Waals surface area contributed by atoms with Crippen LogP contribution in [0.25, 0.3) is 11.5 Å². The number of nitrogens with one attached hydrogen (secondary N) is 1. The number of rotatable bonds is 7. The predicted octanol–water partition coefficient (Wildman–Crippen LogP) is 2.78. The fraction of sp³-hybridized carbons (Fsp3) is 0.360. The molecule has 1 saturated heterocycles. The van der Waals surface area contributed by atoms with E-state index < -0.39 is 0 Å². The average molecular weight is 437 g/mol. The summed E-state index contributed by atoms with van der Waals surface area (Å²) >= 11 is 0. The van der Waals surface area contributed by atoms with Gasteiger partial charge in [-0.3, -0.25) is 9.69 Å². The van der Waals surface area contributed by atoms with Crippen molar-refractivity contribution in [3.8, 4) is 11.5 Å². The highest BCUT2D eigenvalue weighted by Gasteiger charge is 2.22. The van der Waals surface area contributed by atoms with Crippen molar-refractivity contribution in [1.82, 2.24) is 15.2 Å². The molecule has 1 atom stereocenters. The molecular formula is C25H32N4O3. The van der Waals surface area contributed by atoms with Crippen LogP contribution < -0.4 is 11.1 Å². The van der Waals surface area contributed by atoms with Gasteiger partial charge in [0.2, 0.25) is 11.8 Å². The van der Waals surface area contributed by atoms with Crippen LogP contribution in [0.5, 0.6) is 0 Å². The Balaban J connectivity index is 0.00000141. The SMILES string of the molecule is CN.Cc1oc(-c2ccccc2)nc1CC(=O)NC[C@@H]1CN(Cc2ccccc2)CCO1. The third-order valence-electron chi connectivity index (χ3n) is 5.24. The first-order chi connectivity index (χ1) is 15.7. The van der Waals surface area contributed by atoms with Crippen molar-refractivity contribution in [3.05, 3.63) is 77.7 Å². The molecule has 0 saturated carbocycles. The first-order valence-electron chi connectivity index (χ1n) is 10.9. The van der Waals surface area contributed by atoms with Gasteiger partial charge in [0.05, 0.1) is 24.8 Å². The van der Waals surface area contributed by atoms with Crippen LogP contribution in [0.1, 0.15) is 17.0 Å². The van der Waals surface area contributed by atoms with E-state index in [4.69, 9.17) is 9.15 Å². The van der Waals surface area contributed by atoms with Gasteiger partial charge in [0.15, 0.2) is 0 Å². The lowest BCUT2D eigenvalue weighted by atomic mass is 10.2. The first kappa shape index (κ1) is 23.7. The van der Waals surface area contributed by atoms with Gasteiger partial charge in [0.1, 0.15) is 5.76 Å². The summed E-state index contributed by atoms with van der Waals surface area (Å²) in [6.45, 7) is 5.61. The maximum absolute atomic E-state index is 12.5. The standard InChI is InChI=1S/C24H27N3O3.CH5N/c1-18-22(26-24(30-18)20-10-6-3-7-11-20)14-23(28)25-15-21-17-27(12-13-29-21)16-19-8-4-2-5-9-19;1-2/h2-11,21H,12-17H2,1H3,(H,25,28);2H2,1H3/t21-;/m1./s1. The van der Waals surface area contributed by atoms with E-state index in [1.807, 2.05) is 43.3 Å². The van der Waals surface area contributed by atoms with Gasteiger partial charge in [-0.05, 0) is 31.7 Å². The van der Waals surface area contributed by atoms with Gasteiger partial charge in [0, 0.05) is 31.7 Å². The van der Waals surface area contributed by atoms with Crippen LogP contribution in [0.3, 0.4) is 0 Å². The summed E-state index contributed by atoms with van der Waals surface area (Å²) in [5, 5.41) is 2.99. The fourth-order valence-electron chi connectivity index (χ4n) is 3.63. The van der Waals surface area contributed by atoms with Crippen LogP contribution in [-0.2, 0) is 22.5 Å². The summed E-state index contributed by atoms with van der Waals surface area (Å²) in [5.74, 6) is 1.14. The lowest BCUT2D eigenvalue weighted by molar-refractivity contribution is -0.121. The van der Waals surface area contributed by atoms with Crippen molar-refractivity contribution in [2.75, 3.05) is 33.3 Å². The lowest BCUT2D eigenvalue weighted by Gasteiger charge is -2.33. The van der Waals surface area contributed by atoms with Crippen molar-refractivity contribution in [2.24, 2.45) is 5.73 Å². The molecule has 0 radical (unpaired) electrons. The van der Waals surface area contributed by atoms with Crippen molar-refractivity contribution in [3.63, 3.8) is 0 Å². The molecule has 1 aliphatic heterocycles. The quantitative estimate of drug-likeness (QED) is 0.592. The smallest absolute Gasteiger partial charge is 0.226 e. The van der Waals surface area contributed by atoms with Gasteiger partial charge < -0.3 is 20.2 Å². The van der Waals surface area contributed by atoms with Crippen molar-refractivity contribution >= 4 is 5.91 Å². The molecule has 3 N–H and O–H groups in total. The summed E-state index contributed by atoms with van der Waals surface area (Å²) in [7, 11) is 1.50. The number of aryl methyl sites for hydroxylation is 1. The molecule has 3 aromatic rings. The van der Waals surface area contributed by atoms with Crippen LogP contribution in [0.15, 0.2) is 65.1 Å². The van der Waals surface area contributed by atoms with Crippen LogP contribution >= 0.6 is 0 Å². The Hall–Kier alpha value is -3.00. The van der Waals surface area contributed by atoms with Crippen LogP contribution in [-0.4, -0.2) is 55.2 Å². The van der Waals surface area contributed by atoms with E-state index in [1.54, 1.807) is 0 Å². The molecular weight excluding hydrogens is 404 g/mol. The molecule has 170 valence electrons. The Morgan fingerprint density at radius 3 is 2.53 bits per heavy atom. The van der Waals surface area contributed by atoms with Crippen LogP contribution in [0, 0.1) is 6.92 Å². The molecule has 32 heavy (non-hydrogen) atoms. The third-order valence-corrected chi connectivity index (χ3v) is 5.24. The van der Waals surface area contributed by atoms with Crippen molar-refractivity contribution in [2.45, 2.75) is 26.0 Å². The fourth-order valence-corrected chi connectivity index (χ4v) is 3.63. The highest BCUT2D eigenvalue weighted by atomic mass is 16.5. The van der Waals surface area contributed by atoms with E-state index in [9.17, 15) is 4.79 Å². The number of amides is 1. The minimum absolute atomic E-state index is 0.00954. The molecule has 1 aromatic heterocycles. The van der Waals surface area contributed by atoms with E-state index in [-0.39, 0.29) is 18.4 Å². The second kappa shape index (κ2) is 12.1. The monoisotopic (exact) mass is 436 g/mol. The lowest BCUT2D eigenvalue weighted by Crippen LogP contribution is -2.47. The summed E-state index contributed by atoms with van der Waals surface area (Å²) in [6, 6.07) is 20.1. The third kappa shape index (κ3) is 6.75. The Bertz CT molecular complexity index is 960. The maximum Gasteiger partial charge on any atom is 0.226 e. The number of aromatic nitrogens is 1. The van der Waals surface area contributed by atoms with E-state index in [0.29, 0.717) is 30.5 Å². The molecule has 7 nitrogen and oxygen atoms in total. The molecule has 1 aliphatic rings. The number of benzene rings is 2. The molecule has 0 unspecified atom stereocenters. The molecule has 1 fully saturated rings. The number of carbonyl (C=O) groups excluding carboxylic acids is 1. The van der Waals surface area contributed by atoms with Crippen molar-refractivity contribution in [1.29, 1.82) is 0 Å². The normalized spacial score (nSPS) is 16.2. The number of ether oxygens (including phenoxy) is 1. The van der Waals surface area contributed by atoms with Gasteiger partial charge in [-0.1, -0.05) is 48.5 Å². The Labute approximate surface area is 189 Å². The zero-order valence-electron chi connectivity index (χ0n) is 18.8. The van der Waals surface area contributed by atoms with Gasteiger partial charge in [0.25, 0.3) is 0 Å². The number of nitrogens with zero attached hydrogens (tertiary/aromatic N) is 2. The second-order valence-electron chi connectivity index (χ2n) is 7.58. The van der Waals surface area contributed by atoms with E-state index in [0.717, 1.165) is 25.2 Å². The largest absolute Gasteiger partial charge is 0.441 e. The van der Waals surface area contributed by atoms with Crippen LogP contribution in [0.4, 0.5) is 0 Å².